The van der Waals surface area contributed by atoms with E-state index in [1.54, 1.807) is 0 Å². The number of fused-ring (bicyclic) bond motifs is 2. The summed E-state index contributed by atoms with van der Waals surface area (Å²) < 4.78 is 4.80. The fourth-order valence-corrected chi connectivity index (χ4v) is 2.93. The number of rotatable bonds is 3. The maximum Gasteiger partial charge on any atom is 0.254 e. The highest BCUT2D eigenvalue weighted by molar-refractivity contribution is 5.91. The van der Waals surface area contributed by atoms with Gasteiger partial charge in [-0.3, -0.25) is 4.98 Å². The summed E-state index contributed by atoms with van der Waals surface area (Å²) in [5.41, 5.74) is 3.69. The standard InChI is InChI=1S/C16H20N3/c1-4-9-19-12(3)18(5-2)15-10-13-7-6-8-17-14(13)11-16(15)19/h6-8,10-11H,4-5,9H2,1-3H3/q+1. The molecule has 0 aliphatic carbocycles. The first-order valence-corrected chi connectivity index (χ1v) is 7.03. The Balaban J connectivity index is 2.41. The number of aromatic nitrogens is 3. The summed E-state index contributed by atoms with van der Waals surface area (Å²) in [6, 6.07) is 8.62. The van der Waals surface area contributed by atoms with E-state index in [2.05, 4.69) is 53.1 Å². The van der Waals surface area contributed by atoms with Crippen molar-refractivity contribution < 1.29 is 4.57 Å². The van der Waals surface area contributed by atoms with Crippen LogP contribution < -0.4 is 4.57 Å². The largest absolute Gasteiger partial charge is 0.256 e. The molecule has 2 heterocycles. The molecule has 0 amide bonds. The van der Waals surface area contributed by atoms with Crippen molar-refractivity contribution in [1.29, 1.82) is 0 Å². The number of hydrogen-bond acceptors (Lipinski definition) is 1. The normalized spacial score (nSPS) is 11.5. The highest BCUT2D eigenvalue weighted by atomic mass is 15.2. The van der Waals surface area contributed by atoms with Crippen molar-refractivity contribution in [2.45, 2.75) is 40.3 Å². The summed E-state index contributed by atoms with van der Waals surface area (Å²) in [4.78, 5) is 4.47. The summed E-state index contributed by atoms with van der Waals surface area (Å²) in [7, 11) is 0. The van der Waals surface area contributed by atoms with Gasteiger partial charge in [0.05, 0.1) is 18.6 Å². The van der Waals surface area contributed by atoms with E-state index < -0.39 is 0 Å². The third-order valence-electron chi connectivity index (χ3n) is 3.83. The van der Waals surface area contributed by atoms with E-state index in [9.17, 15) is 0 Å². The van der Waals surface area contributed by atoms with Crippen LogP contribution in [0, 0.1) is 6.92 Å². The molecule has 0 spiro atoms. The molecule has 0 unspecified atom stereocenters. The van der Waals surface area contributed by atoms with Crippen molar-refractivity contribution in [1.82, 2.24) is 9.55 Å². The molecule has 0 aliphatic rings. The van der Waals surface area contributed by atoms with E-state index >= 15 is 0 Å². The van der Waals surface area contributed by atoms with Crippen molar-refractivity contribution in [3.05, 3.63) is 36.3 Å². The quantitative estimate of drug-likeness (QED) is 0.658. The Labute approximate surface area is 113 Å². The number of aryl methyl sites for hydroxylation is 2. The van der Waals surface area contributed by atoms with Gasteiger partial charge >= 0.3 is 0 Å². The van der Waals surface area contributed by atoms with Gasteiger partial charge in [-0.15, -0.1) is 0 Å². The van der Waals surface area contributed by atoms with Gasteiger partial charge in [0.2, 0.25) is 0 Å². The Hall–Kier alpha value is -1.90. The van der Waals surface area contributed by atoms with Crippen LogP contribution in [0.2, 0.25) is 0 Å². The van der Waals surface area contributed by atoms with Gasteiger partial charge in [0.1, 0.15) is 0 Å². The van der Waals surface area contributed by atoms with Crippen LogP contribution in [0.5, 0.6) is 0 Å². The topological polar surface area (TPSA) is 21.7 Å². The zero-order valence-corrected chi connectivity index (χ0v) is 11.8. The lowest BCUT2D eigenvalue weighted by Crippen LogP contribution is -2.36. The molecule has 3 aromatic rings. The van der Waals surface area contributed by atoms with Crippen LogP contribution in [-0.4, -0.2) is 9.55 Å². The van der Waals surface area contributed by atoms with Crippen molar-refractivity contribution in [3.8, 4) is 0 Å². The smallest absolute Gasteiger partial charge is 0.254 e. The molecule has 1 aromatic carbocycles. The maximum atomic E-state index is 4.47. The van der Waals surface area contributed by atoms with Crippen molar-refractivity contribution in [2.75, 3.05) is 0 Å². The summed E-state index contributed by atoms with van der Waals surface area (Å²) in [6.45, 7) is 8.70. The molecule has 3 rings (SSSR count). The zero-order valence-electron chi connectivity index (χ0n) is 11.8. The average Bonchev–Trinajstić information content (AvgIpc) is 2.69. The van der Waals surface area contributed by atoms with E-state index in [4.69, 9.17) is 0 Å². The Morgan fingerprint density at radius 2 is 2.11 bits per heavy atom. The lowest BCUT2D eigenvalue weighted by atomic mass is 10.2. The van der Waals surface area contributed by atoms with E-state index in [-0.39, 0.29) is 0 Å². The van der Waals surface area contributed by atoms with Crippen LogP contribution >= 0.6 is 0 Å². The minimum absolute atomic E-state index is 1.00. The van der Waals surface area contributed by atoms with E-state index in [0.717, 1.165) is 25.0 Å². The molecule has 2 aromatic heterocycles. The van der Waals surface area contributed by atoms with Gasteiger partial charge < -0.3 is 0 Å². The Morgan fingerprint density at radius 1 is 1.26 bits per heavy atom. The summed E-state index contributed by atoms with van der Waals surface area (Å²) in [5.74, 6) is 1.33. The second kappa shape index (κ2) is 4.65. The molecule has 0 atom stereocenters. The molecule has 0 N–H and O–H groups in total. The van der Waals surface area contributed by atoms with E-state index in [1.807, 2.05) is 12.3 Å². The Kier molecular flexibility index (Phi) is 2.97. The second-order valence-electron chi connectivity index (χ2n) is 4.98. The van der Waals surface area contributed by atoms with Gasteiger partial charge in [0.15, 0.2) is 11.0 Å². The van der Waals surface area contributed by atoms with Crippen LogP contribution in [0.3, 0.4) is 0 Å². The lowest BCUT2D eigenvalue weighted by molar-refractivity contribution is -0.678. The molecular formula is C16H20N3+. The molecule has 0 saturated heterocycles. The van der Waals surface area contributed by atoms with Gasteiger partial charge in [-0.1, -0.05) is 13.0 Å². The number of hydrogen-bond donors (Lipinski definition) is 0. The number of pyridine rings is 1. The van der Waals surface area contributed by atoms with Crippen molar-refractivity contribution in [3.63, 3.8) is 0 Å². The van der Waals surface area contributed by atoms with Gasteiger partial charge in [-0.25, -0.2) is 9.13 Å². The first kappa shape index (κ1) is 12.2. The predicted octanol–water partition coefficient (Wildman–Crippen LogP) is 3.22. The van der Waals surface area contributed by atoms with Gasteiger partial charge in [-0.2, -0.15) is 0 Å². The van der Waals surface area contributed by atoms with Crippen LogP contribution in [-0.2, 0) is 13.1 Å². The Bertz CT molecular complexity index is 740. The average molecular weight is 254 g/mol. The van der Waals surface area contributed by atoms with Gasteiger partial charge in [0.25, 0.3) is 5.82 Å². The maximum absolute atomic E-state index is 4.47. The molecule has 0 radical (unpaired) electrons. The molecule has 0 aliphatic heterocycles. The molecule has 0 saturated carbocycles. The minimum atomic E-state index is 1.00. The molecule has 3 nitrogen and oxygen atoms in total. The number of nitrogens with zero attached hydrogens (tertiary/aromatic N) is 3. The third kappa shape index (κ3) is 1.81. The highest BCUT2D eigenvalue weighted by Crippen LogP contribution is 2.21. The molecule has 19 heavy (non-hydrogen) atoms. The number of benzene rings is 1. The third-order valence-corrected chi connectivity index (χ3v) is 3.83. The fourth-order valence-electron chi connectivity index (χ4n) is 2.93. The fraction of sp³-hybridized carbons (Fsp3) is 0.375. The van der Waals surface area contributed by atoms with E-state index in [0.29, 0.717) is 0 Å². The SMILES string of the molecule is CCC[n+]1c(C)n(CC)c2cc3cccnc3cc21. The highest BCUT2D eigenvalue weighted by Gasteiger charge is 2.20. The van der Waals surface area contributed by atoms with Gasteiger partial charge in [-0.05, 0) is 25.5 Å². The zero-order chi connectivity index (χ0) is 13.4. The van der Waals surface area contributed by atoms with Crippen molar-refractivity contribution >= 4 is 21.9 Å². The van der Waals surface area contributed by atoms with E-state index in [1.165, 1.54) is 22.2 Å². The summed E-state index contributed by atoms with van der Waals surface area (Å²) in [6.07, 6.45) is 3.01. The molecule has 0 fully saturated rings. The summed E-state index contributed by atoms with van der Waals surface area (Å²) in [5, 5.41) is 1.21. The Morgan fingerprint density at radius 3 is 2.84 bits per heavy atom. The lowest BCUT2D eigenvalue weighted by Gasteiger charge is -1.98. The summed E-state index contributed by atoms with van der Waals surface area (Å²) >= 11 is 0. The molecular weight excluding hydrogens is 234 g/mol. The van der Waals surface area contributed by atoms with Crippen LogP contribution in [0.25, 0.3) is 21.9 Å². The minimum Gasteiger partial charge on any atom is -0.256 e. The first-order chi connectivity index (χ1) is 9.26. The van der Waals surface area contributed by atoms with Gasteiger partial charge in [0, 0.05) is 24.6 Å². The first-order valence-electron chi connectivity index (χ1n) is 7.03. The van der Waals surface area contributed by atoms with Crippen LogP contribution in [0.15, 0.2) is 30.5 Å². The predicted molar refractivity (Wildman–Crippen MR) is 78.1 cm³/mol. The van der Waals surface area contributed by atoms with Crippen LogP contribution in [0.4, 0.5) is 0 Å². The second-order valence-corrected chi connectivity index (χ2v) is 4.98. The molecule has 0 bridgehead atoms. The molecule has 3 heteroatoms. The monoisotopic (exact) mass is 254 g/mol. The van der Waals surface area contributed by atoms with Crippen molar-refractivity contribution in [2.24, 2.45) is 0 Å². The number of imidazole rings is 1. The van der Waals surface area contributed by atoms with Crippen LogP contribution in [0.1, 0.15) is 26.1 Å². The molecule has 98 valence electrons.